The van der Waals surface area contributed by atoms with Crippen LogP contribution in [0.5, 0.6) is 0 Å². The first-order valence-corrected chi connectivity index (χ1v) is 12.7. The number of unbranched alkanes of at least 4 members (excludes halogenated alkanes) is 15. The predicted octanol–water partition coefficient (Wildman–Crippen LogP) is 5.69. The average Bonchev–Trinajstić information content (AvgIpc) is 2.59. The summed E-state index contributed by atoms with van der Waals surface area (Å²) in [5.41, 5.74) is 0. The smallest absolute Gasteiger partial charge is 0.266 e. The van der Waals surface area contributed by atoms with Crippen molar-refractivity contribution in [2.75, 3.05) is 25.9 Å². The topological polar surface area (TPSA) is 57.6 Å². The van der Waals surface area contributed by atoms with Gasteiger partial charge in [-0.05, 0) is 20.0 Å². The molecule has 0 aromatic carbocycles. The first kappa shape index (κ1) is 30.1. The van der Waals surface area contributed by atoms with Gasteiger partial charge in [-0.25, -0.2) is 0 Å². The Bertz CT molecular complexity index is 391. The quantitative estimate of drug-likeness (QED) is 0.158. The van der Waals surface area contributed by atoms with E-state index in [4.69, 9.17) is 4.55 Å². The van der Waals surface area contributed by atoms with Crippen molar-refractivity contribution in [3.8, 4) is 0 Å². The van der Waals surface area contributed by atoms with Gasteiger partial charge in [-0.3, -0.25) is 4.55 Å². The summed E-state index contributed by atoms with van der Waals surface area (Å²) in [4.78, 5) is 1.98. The summed E-state index contributed by atoms with van der Waals surface area (Å²) in [5.74, 6) is -0.164. The molecule has 0 heterocycles. The Balaban J connectivity index is 0. The van der Waals surface area contributed by atoms with E-state index >= 15 is 0 Å². The minimum atomic E-state index is -3.82. The Hall–Kier alpha value is 0.870. The molecule has 0 spiro atoms. The van der Waals surface area contributed by atoms with Gasteiger partial charge < -0.3 is 4.90 Å². The minimum Gasteiger partial charge on any atom is -0.305 e. The van der Waals surface area contributed by atoms with Gasteiger partial charge >= 0.3 is 0 Å². The Labute approximate surface area is 192 Å². The molecule has 0 bridgehead atoms. The van der Waals surface area contributed by atoms with E-state index in [9.17, 15) is 8.42 Å². The van der Waals surface area contributed by atoms with Crippen LogP contribution in [0, 0.1) is 0 Å². The standard InChI is InChI=1S/C21H45NO3S.Na/c1-3-4-5-6-7-8-9-10-11-12-13-14-15-16-17-18-19-22(2)20-21-26(23,24)25;/h3-21H2,1-2H3,(H,23,24,25);. The van der Waals surface area contributed by atoms with Gasteiger partial charge in [0.15, 0.2) is 0 Å². The molecule has 0 aromatic rings. The van der Waals surface area contributed by atoms with Gasteiger partial charge in [-0.2, -0.15) is 8.42 Å². The van der Waals surface area contributed by atoms with E-state index in [0.717, 1.165) is 13.0 Å². The van der Waals surface area contributed by atoms with Crippen LogP contribution < -0.4 is 0 Å². The summed E-state index contributed by atoms with van der Waals surface area (Å²) in [6, 6.07) is 0. The van der Waals surface area contributed by atoms with E-state index in [2.05, 4.69) is 6.92 Å². The molecule has 1 N–H and O–H groups in total. The first-order chi connectivity index (χ1) is 12.5. The summed E-state index contributed by atoms with van der Waals surface area (Å²) >= 11 is 0. The van der Waals surface area contributed by atoms with Crippen molar-refractivity contribution in [3.05, 3.63) is 0 Å². The molecule has 0 fully saturated rings. The van der Waals surface area contributed by atoms with Gasteiger partial charge in [0.1, 0.15) is 0 Å². The van der Waals surface area contributed by atoms with Crippen molar-refractivity contribution >= 4 is 39.7 Å². The fraction of sp³-hybridized carbons (Fsp3) is 1.00. The fourth-order valence-corrected chi connectivity index (χ4v) is 3.86. The Morgan fingerprint density at radius 2 is 0.963 bits per heavy atom. The molecule has 0 atom stereocenters. The zero-order valence-electron chi connectivity index (χ0n) is 18.6. The second-order valence-corrected chi connectivity index (χ2v) is 9.46. The number of hydrogen-bond donors (Lipinski definition) is 1. The summed E-state index contributed by atoms with van der Waals surface area (Å²) < 4.78 is 30.1. The third-order valence-corrected chi connectivity index (χ3v) is 5.82. The molecule has 0 saturated carbocycles. The molecule has 0 aliphatic rings. The number of hydrogen-bond acceptors (Lipinski definition) is 3. The van der Waals surface area contributed by atoms with Gasteiger partial charge in [0.05, 0.1) is 5.75 Å². The van der Waals surface area contributed by atoms with Crippen molar-refractivity contribution in [3.63, 3.8) is 0 Å². The van der Waals surface area contributed by atoms with E-state index in [1.807, 2.05) is 11.9 Å². The predicted molar refractivity (Wildman–Crippen MR) is 119 cm³/mol. The van der Waals surface area contributed by atoms with Crippen molar-refractivity contribution in [1.29, 1.82) is 0 Å². The summed E-state index contributed by atoms with van der Waals surface area (Å²) in [5, 5.41) is 0. The third kappa shape index (κ3) is 26.9. The third-order valence-electron chi connectivity index (χ3n) is 5.12. The molecule has 159 valence electrons. The first-order valence-electron chi connectivity index (χ1n) is 11.1. The molecule has 1 radical (unpaired) electrons. The summed E-state index contributed by atoms with van der Waals surface area (Å²) in [7, 11) is -1.91. The van der Waals surface area contributed by atoms with Crippen LogP contribution in [0.1, 0.15) is 110 Å². The SMILES string of the molecule is CCCCCCCCCCCCCCCCCCN(C)CCS(=O)(=O)O.[Na]. The maximum Gasteiger partial charge on any atom is 0.266 e. The Morgan fingerprint density at radius 3 is 1.30 bits per heavy atom. The Morgan fingerprint density at radius 1 is 0.630 bits per heavy atom. The second-order valence-electron chi connectivity index (χ2n) is 7.89. The molecule has 6 heteroatoms. The van der Waals surface area contributed by atoms with E-state index in [1.165, 1.54) is 96.3 Å². The molecule has 0 rings (SSSR count). The van der Waals surface area contributed by atoms with Gasteiger partial charge in [-0.1, -0.05) is 103 Å². The molecule has 0 amide bonds. The number of rotatable bonds is 20. The van der Waals surface area contributed by atoms with Crippen LogP contribution in [0.15, 0.2) is 0 Å². The Kier molecular flexibility index (Phi) is 24.0. The minimum absolute atomic E-state index is 0. The van der Waals surface area contributed by atoms with Crippen LogP contribution in [0.4, 0.5) is 0 Å². The maximum absolute atomic E-state index is 10.7. The van der Waals surface area contributed by atoms with Crippen LogP contribution in [-0.2, 0) is 10.1 Å². The molecule has 27 heavy (non-hydrogen) atoms. The van der Waals surface area contributed by atoms with Crippen molar-refractivity contribution in [2.24, 2.45) is 0 Å². The summed E-state index contributed by atoms with van der Waals surface area (Å²) in [6.07, 6.45) is 21.8. The fourth-order valence-electron chi connectivity index (χ4n) is 3.31. The molecule has 0 aliphatic heterocycles. The van der Waals surface area contributed by atoms with E-state index in [-0.39, 0.29) is 35.3 Å². The van der Waals surface area contributed by atoms with Gasteiger partial charge in [0.2, 0.25) is 0 Å². The molecule has 0 aromatic heterocycles. The maximum atomic E-state index is 10.7. The van der Waals surface area contributed by atoms with Crippen LogP contribution in [-0.4, -0.2) is 73.3 Å². The zero-order valence-corrected chi connectivity index (χ0v) is 21.4. The van der Waals surface area contributed by atoms with Crippen molar-refractivity contribution in [2.45, 2.75) is 110 Å². The molecule has 0 aliphatic carbocycles. The number of nitrogens with zero attached hydrogens (tertiary/aromatic N) is 1. The van der Waals surface area contributed by atoms with Crippen LogP contribution >= 0.6 is 0 Å². The van der Waals surface area contributed by atoms with E-state index in [0.29, 0.717) is 6.54 Å². The van der Waals surface area contributed by atoms with E-state index < -0.39 is 10.1 Å². The average molecular weight is 415 g/mol. The van der Waals surface area contributed by atoms with Crippen LogP contribution in [0.25, 0.3) is 0 Å². The molecular weight excluding hydrogens is 369 g/mol. The molecule has 0 unspecified atom stereocenters. The zero-order chi connectivity index (χ0) is 19.5. The largest absolute Gasteiger partial charge is 0.305 e. The molecule has 0 saturated heterocycles. The van der Waals surface area contributed by atoms with Crippen molar-refractivity contribution in [1.82, 2.24) is 4.90 Å². The molecular formula is C21H45NNaO3S. The monoisotopic (exact) mass is 414 g/mol. The molecule has 4 nitrogen and oxygen atoms in total. The van der Waals surface area contributed by atoms with Gasteiger partial charge in [-0.15, -0.1) is 0 Å². The van der Waals surface area contributed by atoms with Crippen LogP contribution in [0.3, 0.4) is 0 Å². The van der Waals surface area contributed by atoms with E-state index in [1.54, 1.807) is 0 Å². The van der Waals surface area contributed by atoms with Crippen molar-refractivity contribution < 1.29 is 13.0 Å². The van der Waals surface area contributed by atoms with Crippen LogP contribution in [0.2, 0.25) is 0 Å². The second kappa shape index (κ2) is 21.6. The summed E-state index contributed by atoms with van der Waals surface area (Å²) in [6.45, 7) is 3.60. The van der Waals surface area contributed by atoms with Gasteiger partial charge in [0, 0.05) is 36.1 Å². The normalized spacial score (nSPS) is 11.7. The van der Waals surface area contributed by atoms with Gasteiger partial charge in [0.25, 0.3) is 10.1 Å².